The molecule has 13 heavy (non-hydrogen) atoms. The summed E-state index contributed by atoms with van der Waals surface area (Å²) in [5.74, 6) is 0. The van der Waals surface area contributed by atoms with E-state index in [1.165, 1.54) is 12.7 Å². The van der Waals surface area contributed by atoms with Crippen LogP contribution in [0.15, 0.2) is 30.3 Å². The molecular formula is C9H12O3P+. The van der Waals surface area contributed by atoms with Crippen LogP contribution in [0.5, 0.6) is 0 Å². The number of hydrogen-bond acceptors (Lipinski definition) is 3. The first kappa shape index (κ1) is 10.3. The van der Waals surface area contributed by atoms with Crippen LogP contribution in [-0.2, 0) is 20.0 Å². The summed E-state index contributed by atoms with van der Waals surface area (Å²) in [6, 6.07) is 9.89. The standard InChI is InChI=1S/C9H12O3P/c1-11-13(10)12-8-7-9-5-3-2-4-6-9/h2-6H,7-8H2,1H3/q+1. The number of rotatable bonds is 5. The van der Waals surface area contributed by atoms with Crippen molar-refractivity contribution in [3.05, 3.63) is 35.9 Å². The fourth-order valence-electron chi connectivity index (χ4n) is 0.935. The quantitative estimate of drug-likeness (QED) is 0.683. The predicted molar refractivity (Wildman–Crippen MR) is 50.7 cm³/mol. The van der Waals surface area contributed by atoms with E-state index >= 15 is 0 Å². The molecule has 0 spiro atoms. The maximum absolute atomic E-state index is 10.7. The molecule has 0 aliphatic carbocycles. The molecule has 70 valence electrons. The van der Waals surface area contributed by atoms with Crippen molar-refractivity contribution < 1.29 is 13.6 Å². The molecule has 0 radical (unpaired) electrons. The summed E-state index contributed by atoms with van der Waals surface area (Å²) in [4.78, 5) is 0. The lowest BCUT2D eigenvalue weighted by molar-refractivity contribution is 0.259. The third kappa shape index (κ3) is 4.13. The van der Waals surface area contributed by atoms with Gasteiger partial charge in [0.25, 0.3) is 0 Å². The van der Waals surface area contributed by atoms with Crippen LogP contribution in [0.25, 0.3) is 0 Å². The third-order valence-corrected chi connectivity index (χ3v) is 2.27. The molecule has 1 unspecified atom stereocenters. The Kier molecular flexibility index (Phi) is 4.61. The molecule has 0 heterocycles. The van der Waals surface area contributed by atoms with Crippen LogP contribution >= 0.6 is 8.25 Å². The molecule has 0 amide bonds. The zero-order chi connectivity index (χ0) is 9.52. The first-order chi connectivity index (χ1) is 6.33. The molecule has 0 N–H and O–H groups in total. The first-order valence-corrected chi connectivity index (χ1v) is 5.10. The summed E-state index contributed by atoms with van der Waals surface area (Å²) >= 11 is 0. The number of hydrogen-bond donors (Lipinski definition) is 0. The smallest absolute Gasteiger partial charge is 0.122 e. The molecule has 0 bridgehead atoms. The Bertz CT molecular complexity index is 261. The van der Waals surface area contributed by atoms with Gasteiger partial charge in [-0.25, -0.2) is 0 Å². The van der Waals surface area contributed by atoms with E-state index in [-0.39, 0.29) is 0 Å². The minimum absolute atomic E-state index is 0.424. The second kappa shape index (κ2) is 5.81. The fraction of sp³-hybridized carbons (Fsp3) is 0.333. The molecule has 1 atom stereocenters. The van der Waals surface area contributed by atoms with Crippen molar-refractivity contribution in [1.82, 2.24) is 0 Å². The minimum Gasteiger partial charge on any atom is -0.122 e. The highest BCUT2D eigenvalue weighted by atomic mass is 31.1. The summed E-state index contributed by atoms with van der Waals surface area (Å²) in [6.07, 6.45) is 0.755. The van der Waals surface area contributed by atoms with Gasteiger partial charge in [-0.15, -0.1) is 9.05 Å². The van der Waals surface area contributed by atoms with Crippen LogP contribution in [0.1, 0.15) is 5.56 Å². The fourth-order valence-corrected chi connectivity index (χ4v) is 1.28. The Morgan fingerprint density at radius 3 is 2.62 bits per heavy atom. The molecule has 1 aromatic rings. The van der Waals surface area contributed by atoms with Crippen molar-refractivity contribution >= 4 is 8.25 Å². The van der Waals surface area contributed by atoms with Gasteiger partial charge in [0.05, 0.1) is 7.11 Å². The minimum atomic E-state index is -1.92. The van der Waals surface area contributed by atoms with E-state index < -0.39 is 8.25 Å². The second-order valence-corrected chi connectivity index (χ2v) is 3.55. The summed E-state index contributed by atoms with van der Waals surface area (Å²) in [5, 5.41) is 0. The van der Waals surface area contributed by atoms with Gasteiger partial charge in [-0.05, 0) is 5.56 Å². The number of benzene rings is 1. The molecule has 3 nitrogen and oxygen atoms in total. The van der Waals surface area contributed by atoms with Crippen LogP contribution in [-0.4, -0.2) is 13.7 Å². The van der Waals surface area contributed by atoms with Gasteiger partial charge >= 0.3 is 8.25 Å². The van der Waals surface area contributed by atoms with Crippen LogP contribution in [0.2, 0.25) is 0 Å². The van der Waals surface area contributed by atoms with E-state index in [2.05, 4.69) is 4.52 Å². The summed E-state index contributed by atoms with van der Waals surface area (Å²) in [6.45, 7) is 0.424. The Morgan fingerprint density at radius 2 is 2.00 bits per heavy atom. The Labute approximate surface area is 78.6 Å². The normalized spacial score (nSPS) is 11.3. The predicted octanol–water partition coefficient (Wildman–Crippen LogP) is 2.55. The van der Waals surface area contributed by atoms with Crippen LogP contribution in [0.3, 0.4) is 0 Å². The van der Waals surface area contributed by atoms with E-state index in [1.807, 2.05) is 30.3 Å². The van der Waals surface area contributed by atoms with Gasteiger partial charge in [0.2, 0.25) is 0 Å². The molecule has 0 saturated carbocycles. The molecule has 0 aliphatic rings. The molecule has 0 aliphatic heterocycles. The van der Waals surface area contributed by atoms with Crippen LogP contribution in [0.4, 0.5) is 0 Å². The highest BCUT2D eigenvalue weighted by Crippen LogP contribution is 2.21. The van der Waals surface area contributed by atoms with Crippen LogP contribution < -0.4 is 0 Å². The lowest BCUT2D eigenvalue weighted by Gasteiger charge is -1.94. The first-order valence-electron chi connectivity index (χ1n) is 4.01. The Balaban J connectivity index is 2.24. The summed E-state index contributed by atoms with van der Waals surface area (Å²) < 4.78 is 20.1. The van der Waals surface area contributed by atoms with E-state index in [0.717, 1.165) is 6.42 Å². The summed E-state index contributed by atoms with van der Waals surface area (Å²) in [7, 11) is -0.562. The molecule has 1 aromatic carbocycles. The van der Waals surface area contributed by atoms with Crippen molar-refractivity contribution in [2.45, 2.75) is 6.42 Å². The van der Waals surface area contributed by atoms with Crippen molar-refractivity contribution in [2.24, 2.45) is 0 Å². The Hall–Kier alpha value is -0.760. The van der Waals surface area contributed by atoms with E-state index in [1.54, 1.807) is 0 Å². The van der Waals surface area contributed by atoms with E-state index in [0.29, 0.717) is 6.61 Å². The lowest BCUT2D eigenvalue weighted by atomic mass is 10.2. The summed E-state index contributed by atoms with van der Waals surface area (Å²) in [5.41, 5.74) is 1.17. The molecule has 0 saturated heterocycles. The molecule has 0 aromatic heterocycles. The van der Waals surface area contributed by atoms with Crippen molar-refractivity contribution in [1.29, 1.82) is 0 Å². The maximum Gasteiger partial charge on any atom is 0.697 e. The van der Waals surface area contributed by atoms with Gasteiger partial charge in [-0.1, -0.05) is 30.3 Å². The van der Waals surface area contributed by atoms with Crippen molar-refractivity contribution in [3.8, 4) is 0 Å². The molecular weight excluding hydrogens is 187 g/mol. The van der Waals surface area contributed by atoms with E-state index in [4.69, 9.17) is 4.52 Å². The molecule has 0 fully saturated rings. The third-order valence-electron chi connectivity index (χ3n) is 1.58. The van der Waals surface area contributed by atoms with Gasteiger partial charge in [0.1, 0.15) is 6.61 Å². The monoisotopic (exact) mass is 199 g/mol. The maximum atomic E-state index is 10.7. The van der Waals surface area contributed by atoms with Gasteiger partial charge in [-0.2, -0.15) is 0 Å². The topological polar surface area (TPSA) is 35.5 Å². The van der Waals surface area contributed by atoms with Gasteiger partial charge in [-0.3, -0.25) is 0 Å². The molecule has 4 heteroatoms. The molecule has 1 rings (SSSR count). The lowest BCUT2D eigenvalue weighted by Crippen LogP contribution is -1.92. The van der Waals surface area contributed by atoms with Crippen molar-refractivity contribution in [3.63, 3.8) is 0 Å². The van der Waals surface area contributed by atoms with Crippen LogP contribution in [0, 0.1) is 0 Å². The average molecular weight is 199 g/mol. The second-order valence-electron chi connectivity index (χ2n) is 2.48. The largest absolute Gasteiger partial charge is 0.697 e. The Morgan fingerprint density at radius 1 is 1.31 bits per heavy atom. The van der Waals surface area contributed by atoms with Gasteiger partial charge in [0.15, 0.2) is 0 Å². The van der Waals surface area contributed by atoms with Gasteiger partial charge in [0, 0.05) is 11.0 Å². The highest BCUT2D eigenvalue weighted by Gasteiger charge is 2.15. The highest BCUT2D eigenvalue weighted by molar-refractivity contribution is 7.33. The zero-order valence-corrected chi connectivity index (χ0v) is 8.37. The zero-order valence-electron chi connectivity index (χ0n) is 7.47. The van der Waals surface area contributed by atoms with Gasteiger partial charge < -0.3 is 0 Å². The SMILES string of the molecule is CO[P+](=O)OCCc1ccccc1. The van der Waals surface area contributed by atoms with E-state index in [9.17, 15) is 4.57 Å². The average Bonchev–Trinajstić information content (AvgIpc) is 2.19. The van der Waals surface area contributed by atoms with Crippen molar-refractivity contribution in [2.75, 3.05) is 13.7 Å².